The molecule has 0 aliphatic heterocycles. The van der Waals surface area contributed by atoms with Crippen LogP contribution in [0, 0.1) is 21.4 Å². The largest absolute Gasteiger partial charge is 0.476 e. The van der Waals surface area contributed by atoms with E-state index in [1.54, 1.807) is 6.07 Å². The predicted molar refractivity (Wildman–Crippen MR) is 61.9 cm³/mol. The number of carboxylic acids is 1. The van der Waals surface area contributed by atoms with E-state index >= 15 is 0 Å². The van der Waals surface area contributed by atoms with Crippen LogP contribution in [0.25, 0.3) is 5.69 Å². The summed E-state index contributed by atoms with van der Waals surface area (Å²) in [5.41, 5.74) is -0.210. The summed E-state index contributed by atoms with van der Waals surface area (Å²) in [6.45, 7) is 0. The maximum Gasteiger partial charge on any atom is 0.356 e. The van der Waals surface area contributed by atoms with Crippen LogP contribution in [0.2, 0.25) is 0 Å². The highest BCUT2D eigenvalue weighted by molar-refractivity contribution is 5.85. The Hall–Kier alpha value is -3.21. The van der Waals surface area contributed by atoms with Crippen LogP contribution >= 0.6 is 0 Å². The third-order valence-electron chi connectivity index (χ3n) is 2.37. The molecule has 19 heavy (non-hydrogen) atoms. The lowest BCUT2D eigenvalue weighted by Gasteiger charge is -2.01. The maximum atomic E-state index is 10.7. The highest BCUT2D eigenvalue weighted by Crippen LogP contribution is 2.21. The molecule has 0 saturated carbocycles. The molecule has 94 valence electrons. The minimum absolute atomic E-state index is 0.116. The van der Waals surface area contributed by atoms with Gasteiger partial charge in [0.25, 0.3) is 5.69 Å². The second kappa shape index (κ2) is 4.58. The van der Waals surface area contributed by atoms with Crippen LogP contribution < -0.4 is 0 Å². The quantitative estimate of drug-likeness (QED) is 0.654. The number of rotatable bonds is 3. The summed E-state index contributed by atoms with van der Waals surface area (Å²) in [5.74, 6) is -1.18. The zero-order chi connectivity index (χ0) is 14.0. The number of hydrogen-bond acceptors (Lipinski definition) is 5. The maximum absolute atomic E-state index is 10.7. The number of benzene rings is 1. The van der Waals surface area contributed by atoms with E-state index in [2.05, 4.69) is 5.10 Å². The number of nitro benzene ring substituents is 1. The van der Waals surface area contributed by atoms with E-state index in [-0.39, 0.29) is 16.9 Å². The van der Waals surface area contributed by atoms with Gasteiger partial charge in [-0.15, -0.1) is 0 Å². The van der Waals surface area contributed by atoms with Crippen molar-refractivity contribution in [3.63, 3.8) is 0 Å². The molecule has 8 nitrogen and oxygen atoms in total. The van der Waals surface area contributed by atoms with Gasteiger partial charge < -0.3 is 5.11 Å². The Balaban J connectivity index is 2.49. The molecule has 2 aromatic rings. The summed E-state index contributed by atoms with van der Waals surface area (Å²) in [7, 11) is 0. The molecule has 0 unspecified atom stereocenters. The first kappa shape index (κ1) is 12.3. The average molecular weight is 258 g/mol. The normalized spacial score (nSPS) is 9.84. The molecule has 0 aliphatic carbocycles. The fourth-order valence-corrected chi connectivity index (χ4v) is 1.50. The highest BCUT2D eigenvalue weighted by atomic mass is 16.6. The van der Waals surface area contributed by atoms with Crippen molar-refractivity contribution >= 4 is 11.7 Å². The highest BCUT2D eigenvalue weighted by Gasteiger charge is 2.15. The number of carbonyl (C=O) groups is 1. The molecule has 1 heterocycles. The lowest BCUT2D eigenvalue weighted by molar-refractivity contribution is -0.385. The Labute approximate surface area is 106 Å². The molecule has 0 amide bonds. The van der Waals surface area contributed by atoms with Crippen molar-refractivity contribution in [2.75, 3.05) is 0 Å². The van der Waals surface area contributed by atoms with Crippen molar-refractivity contribution in [3.8, 4) is 11.8 Å². The molecular formula is C11H6N4O4. The first-order valence-corrected chi connectivity index (χ1v) is 5.01. The fraction of sp³-hybridized carbons (Fsp3) is 0. The van der Waals surface area contributed by atoms with Crippen LogP contribution in [-0.4, -0.2) is 25.8 Å². The first-order chi connectivity index (χ1) is 9.02. The standard InChI is InChI=1S/C11H6N4O4/c12-6-7-5-8(1-2-10(7)15(18)19)14-4-3-9(13-14)11(16)17/h1-5H,(H,16,17). The van der Waals surface area contributed by atoms with Gasteiger partial charge in [0.1, 0.15) is 11.6 Å². The summed E-state index contributed by atoms with van der Waals surface area (Å²) in [6, 6.07) is 6.84. The van der Waals surface area contributed by atoms with E-state index in [0.29, 0.717) is 5.69 Å². The molecule has 1 aromatic heterocycles. The van der Waals surface area contributed by atoms with Crippen molar-refractivity contribution in [1.29, 1.82) is 5.26 Å². The zero-order valence-electron chi connectivity index (χ0n) is 9.35. The smallest absolute Gasteiger partial charge is 0.356 e. The van der Waals surface area contributed by atoms with Crippen LogP contribution in [0.3, 0.4) is 0 Å². The Morgan fingerprint density at radius 2 is 2.21 bits per heavy atom. The fourth-order valence-electron chi connectivity index (χ4n) is 1.50. The second-order valence-electron chi connectivity index (χ2n) is 3.52. The topological polar surface area (TPSA) is 122 Å². The number of nitriles is 1. The molecular weight excluding hydrogens is 252 g/mol. The SMILES string of the molecule is N#Cc1cc(-n2ccc(C(=O)O)n2)ccc1[N+](=O)[O-]. The van der Waals surface area contributed by atoms with Gasteiger partial charge in [-0.1, -0.05) is 0 Å². The monoisotopic (exact) mass is 258 g/mol. The van der Waals surface area contributed by atoms with E-state index in [1.165, 1.54) is 35.1 Å². The zero-order valence-corrected chi connectivity index (χ0v) is 9.35. The minimum Gasteiger partial charge on any atom is -0.476 e. The van der Waals surface area contributed by atoms with E-state index in [1.807, 2.05) is 0 Å². The third-order valence-corrected chi connectivity index (χ3v) is 2.37. The summed E-state index contributed by atoms with van der Waals surface area (Å²) in [5, 5.41) is 32.0. The van der Waals surface area contributed by atoms with Gasteiger partial charge in [-0.25, -0.2) is 9.48 Å². The number of hydrogen-bond donors (Lipinski definition) is 1. The Morgan fingerprint density at radius 3 is 2.74 bits per heavy atom. The molecule has 2 rings (SSSR count). The van der Waals surface area contributed by atoms with Gasteiger partial charge in [-0.05, 0) is 18.2 Å². The number of carboxylic acid groups (broad SMARTS) is 1. The lowest BCUT2D eigenvalue weighted by Crippen LogP contribution is -2.02. The molecule has 0 bridgehead atoms. The van der Waals surface area contributed by atoms with E-state index in [4.69, 9.17) is 10.4 Å². The van der Waals surface area contributed by atoms with Gasteiger partial charge in [-0.2, -0.15) is 10.4 Å². The van der Waals surface area contributed by atoms with Crippen molar-refractivity contribution in [1.82, 2.24) is 9.78 Å². The van der Waals surface area contributed by atoms with Crippen molar-refractivity contribution in [2.45, 2.75) is 0 Å². The van der Waals surface area contributed by atoms with E-state index in [0.717, 1.165) is 0 Å². The molecule has 8 heteroatoms. The lowest BCUT2D eigenvalue weighted by atomic mass is 10.2. The van der Waals surface area contributed by atoms with Crippen LogP contribution in [0.4, 0.5) is 5.69 Å². The van der Waals surface area contributed by atoms with Crippen LogP contribution in [0.5, 0.6) is 0 Å². The molecule has 0 atom stereocenters. The molecule has 0 fully saturated rings. The summed E-state index contributed by atoms with van der Waals surface area (Å²) in [6.07, 6.45) is 1.39. The van der Waals surface area contributed by atoms with E-state index < -0.39 is 10.9 Å². The minimum atomic E-state index is -1.18. The third kappa shape index (κ3) is 2.25. The molecule has 0 aliphatic rings. The number of nitrogens with zero attached hydrogens (tertiary/aromatic N) is 4. The molecule has 1 N–H and O–H groups in total. The van der Waals surface area contributed by atoms with Crippen LogP contribution in [-0.2, 0) is 0 Å². The van der Waals surface area contributed by atoms with Gasteiger partial charge in [-0.3, -0.25) is 10.1 Å². The predicted octanol–water partition coefficient (Wildman–Crippen LogP) is 1.35. The second-order valence-corrected chi connectivity index (χ2v) is 3.52. The number of aromatic carboxylic acids is 1. The number of nitro groups is 1. The van der Waals surface area contributed by atoms with Crippen molar-refractivity contribution in [3.05, 3.63) is 51.8 Å². The molecule has 0 spiro atoms. The Morgan fingerprint density at radius 1 is 1.47 bits per heavy atom. The average Bonchev–Trinajstić information content (AvgIpc) is 2.87. The summed E-state index contributed by atoms with van der Waals surface area (Å²) in [4.78, 5) is 20.7. The summed E-state index contributed by atoms with van der Waals surface area (Å²) < 4.78 is 1.23. The van der Waals surface area contributed by atoms with Crippen molar-refractivity contribution < 1.29 is 14.8 Å². The van der Waals surface area contributed by atoms with Gasteiger partial charge in [0, 0.05) is 12.3 Å². The summed E-state index contributed by atoms with van der Waals surface area (Å²) >= 11 is 0. The number of aromatic nitrogens is 2. The molecule has 1 aromatic carbocycles. The van der Waals surface area contributed by atoms with Crippen molar-refractivity contribution in [2.24, 2.45) is 0 Å². The molecule has 0 saturated heterocycles. The van der Waals surface area contributed by atoms with Gasteiger partial charge in [0.05, 0.1) is 10.6 Å². The Kier molecular flexibility index (Phi) is 2.95. The van der Waals surface area contributed by atoms with Crippen LogP contribution in [0.15, 0.2) is 30.5 Å². The Bertz CT molecular complexity index is 714. The first-order valence-electron chi connectivity index (χ1n) is 5.01. The van der Waals surface area contributed by atoms with Crippen LogP contribution in [0.1, 0.15) is 16.1 Å². The van der Waals surface area contributed by atoms with E-state index in [9.17, 15) is 14.9 Å². The van der Waals surface area contributed by atoms with Gasteiger partial charge in [0.15, 0.2) is 5.69 Å². The molecule has 0 radical (unpaired) electrons. The van der Waals surface area contributed by atoms with Gasteiger partial charge >= 0.3 is 5.97 Å². The van der Waals surface area contributed by atoms with Gasteiger partial charge in [0.2, 0.25) is 0 Å².